The van der Waals surface area contributed by atoms with E-state index in [1.165, 1.54) is 30.5 Å². The Morgan fingerprint density at radius 3 is 2.85 bits per heavy atom. The smallest absolute Gasteiger partial charge is 0.340 e. The van der Waals surface area contributed by atoms with Crippen LogP contribution in [0.15, 0.2) is 23.8 Å². The molecule has 0 fully saturated rings. The van der Waals surface area contributed by atoms with E-state index in [2.05, 4.69) is 11.4 Å². The highest BCUT2D eigenvalue weighted by molar-refractivity contribution is 6.00. The molecular weight excluding hydrogens is 259 g/mol. The number of carbonyl (C=O) groups is 1. The molecule has 0 amide bonds. The Bertz CT molecular complexity index is 541. The van der Waals surface area contributed by atoms with E-state index in [9.17, 15) is 9.18 Å². The number of hydrogen-bond acceptors (Lipinski definition) is 3. The lowest BCUT2D eigenvalue weighted by Gasteiger charge is -2.15. The van der Waals surface area contributed by atoms with E-state index in [0.29, 0.717) is 12.2 Å². The summed E-state index contributed by atoms with van der Waals surface area (Å²) in [6, 6.07) is 2.61. The molecule has 4 nitrogen and oxygen atoms in total. The number of hydrogen-bond donors (Lipinski definition) is 3. The van der Waals surface area contributed by atoms with Crippen molar-refractivity contribution in [2.24, 2.45) is 0 Å². The van der Waals surface area contributed by atoms with Gasteiger partial charge in [-0.25, -0.2) is 9.18 Å². The molecule has 0 saturated carbocycles. The Hall–Kier alpha value is -2.04. The fourth-order valence-corrected chi connectivity index (χ4v) is 2.46. The van der Waals surface area contributed by atoms with Crippen molar-refractivity contribution in [3.8, 4) is 0 Å². The molecule has 0 aliphatic heterocycles. The van der Waals surface area contributed by atoms with Crippen LogP contribution in [0.2, 0.25) is 0 Å². The maximum atomic E-state index is 13.3. The number of carboxylic acids is 1. The van der Waals surface area contributed by atoms with Crippen LogP contribution in [0, 0.1) is 5.82 Å². The van der Waals surface area contributed by atoms with Crippen LogP contribution in [0.4, 0.5) is 15.8 Å². The first kappa shape index (κ1) is 14.4. The molecule has 5 heteroatoms. The minimum Gasteiger partial charge on any atom is -0.478 e. The first-order chi connectivity index (χ1) is 9.59. The minimum atomic E-state index is -1.22. The van der Waals surface area contributed by atoms with Crippen molar-refractivity contribution in [2.45, 2.75) is 32.1 Å². The van der Waals surface area contributed by atoms with Gasteiger partial charge in [-0.05, 0) is 44.2 Å². The summed E-state index contributed by atoms with van der Waals surface area (Å²) in [5.74, 6) is -1.93. The lowest BCUT2D eigenvalue weighted by Crippen LogP contribution is -2.12. The molecule has 1 aromatic carbocycles. The topological polar surface area (TPSA) is 75.3 Å². The van der Waals surface area contributed by atoms with Gasteiger partial charge in [0.15, 0.2) is 0 Å². The van der Waals surface area contributed by atoms with Crippen molar-refractivity contribution in [3.05, 3.63) is 35.2 Å². The Labute approximate surface area is 117 Å². The zero-order valence-electron chi connectivity index (χ0n) is 11.3. The largest absolute Gasteiger partial charge is 0.478 e. The third-order valence-corrected chi connectivity index (χ3v) is 3.55. The average molecular weight is 278 g/mol. The second-order valence-electron chi connectivity index (χ2n) is 4.97. The van der Waals surface area contributed by atoms with Gasteiger partial charge in [0.25, 0.3) is 0 Å². The van der Waals surface area contributed by atoms with E-state index < -0.39 is 11.8 Å². The van der Waals surface area contributed by atoms with E-state index >= 15 is 0 Å². The molecule has 1 aromatic rings. The first-order valence-corrected chi connectivity index (χ1v) is 6.82. The summed E-state index contributed by atoms with van der Waals surface area (Å²) in [4.78, 5) is 11.2. The van der Waals surface area contributed by atoms with Crippen LogP contribution in [0.25, 0.3) is 0 Å². The predicted octanol–water partition coefficient (Wildman–Crippen LogP) is 3.41. The number of nitrogens with one attached hydrogen (secondary N) is 1. The third-order valence-electron chi connectivity index (χ3n) is 3.55. The minimum absolute atomic E-state index is 0.192. The molecule has 0 saturated heterocycles. The summed E-state index contributed by atoms with van der Waals surface area (Å²) in [5, 5.41) is 12.2. The van der Waals surface area contributed by atoms with Crippen molar-refractivity contribution in [3.63, 3.8) is 0 Å². The predicted molar refractivity (Wildman–Crippen MR) is 77.4 cm³/mol. The fourth-order valence-electron chi connectivity index (χ4n) is 2.46. The van der Waals surface area contributed by atoms with Crippen LogP contribution in [0.3, 0.4) is 0 Å². The van der Waals surface area contributed by atoms with Crippen LogP contribution in [0.5, 0.6) is 0 Å². The molecular formula is C15H19FN2O2. The van der Waals surface area contributed by atoms with Gasteiger partial charge in [-0.3, -0.25) is 0 Å². The Balaban J connectivity index is 2.04. The molecule has 0 atom stereocenters. The van der Waals surface area contributed by atoms with E-state index in [4.69, 9.17) is 10.8 Å². The summed E-state index contributed by atoms with van der Waals surface area (Å²) in [5.41, 5.74) is 6.75. The molecule has 2 rings (SSSR count). The Morgan fingerprint density at radius 1 is 1.40 bits per heavy atom. The molecule has 0 heterocycles. The molecule has 0 aromatic heterocycles. The molecule has 0 unspecified atom stereocenters. The number of nitrogen functional groups attached to an aromatic ring is 1. The zero-order chi connectivity index (χ0) is 14.5. The van der Waals surface area contributed by atoms with Crippen molar-refractivity contribution in [1.29, 1.82) is 0 Å². The second-order valence-corrected chi connectivity index (χ2v) is 4.97. The maximum Gasteiger partial charge on any atom is 0.340 e. The number of halogens is 1. The monoisotopic (exact) mass is 278 g/mol. The summed E-state index contributed by atoms with van der Waals surface area (Å²) in [6.45, 7) is 0.622. The van der Waals surface area contributed by atoms with Crippen molar-refractivity contribution in [1.82, 2.24) is 0 Å². The fraction of sp³-hybridized carbons (Fsp3) is 0.400. The van der Waals surface area contributed by atoms with Crippen LogP contribution in [-0.4, -0.2) is 17.6 Å². The number of nitrogens with two attached hydrogens (primary N) is 1. The summed E-state index contributed by atoms with van der Waals surface area (Å²) >= 11 is 0. The number of carboxylic acid groups (broad SMARTS) is 1. The number of anilines is 2. The first-order valence-electron chi connectivity index (χ1n) is 6.82. The van der Waals surface area contributed by atoms with Gasteiger partial charge >= 0.3 is 5.97 Å². The lowest BCUT2D eigenvalue weighted by atomic mass is 9.97. The van der Waals surface area contributed by atoms with Crippen LogP contribution in [0.1, 0.15) is 42.5 Å². The van der Waals surface area contributed by atoms with Gasteiger partial charge < -0.3 is 16.2 Å². The van der Waals surface area contributed by atoms with E-state index in [0.717, 1.165) is 19.3 Å². The van der Waals surface area contributed by atoms with E-state index in [1.807, 2.05) is 0 Å². The van der Waals surface area contributed by atoms with Gasteiger partial charge in [0.1, 0.15) is 11.4 Å². The van der Waals surface area contributed by atoms with Crippen molar-refractivity contribution < 1.29 is 14.3 Å². The van der Waals surface area contributed by atoms with Crippen LogP contribution in [-0.2, 0) is 0 Å². The van der Waals surface area contributed by atoms with Crippen molar-refractivity contribution >= 4 is 17.3 Å². The molecule has 0 bridgehead atoms. The number of rotatable bonds is 5. The van der Waals surface area contributed by atoms with Gasteiger partial charge in [0.05, 0.1) is 11.4 Å². The lowest BCUT2D eigenvalue weighted by molar-refractivity contribution is 0.0698. The molecule has 0 spiro atoms. The summed E-state index contributed by atoms with van der Waals surface area (Å²) in [7, 11) is 0. The zero-order valence-corrected chi connectivity index (χ0v) is 11.3. The molecule has 4 N–H and O–H groups in total. The molecule has 0 radical (unpaired) electrons. The third kappa shape index (κ3) is 3.29. The van der Waals surface area contributed by atoms with Crippen LogP contribution < -0.4 is 11.1 Å². The Morgan fingerprint density at radius 2 is 2.20 bits per heavy atom. The molecule has 1 aliphatic rings. The summed E-state index contributed by atoms with van der Waals surface area (Å²) in [6.07, 6.45) is 7.82. The second kappa shape index (κ2) is 6.41. The van der Waals surface area contributed by atoms with Gasteiger partial charge in [-0.2, -0.15) is 0 Å². The SMILES string of the molecule is Nc1c(F)ccc(NCCC2=CCCCC2)c1C(=O)O. The molecule has 20 heavy (non-hydrogen) atoms. The van der Waals surface area contributed by atoms with Crippen molar-refractivity contribution in [2.75, 3.05) is 17.6 Å². The molecule has 108 valence electrons. The molecule has 1 aliphatic carbocycles. The van der Waals surface area contributed by atoms with Gasteiger partial charge in [0, 0.05) is 6.54 Å². The van der Waals surface area contributed by atoms with E-state index in [-0.39, 0.29) is 11.3 Å². The average Bonchev–Trinajstić information content (AvgIpc) is 2.43. The van der Waals surface area contributed by atoms with Gasteiger partial charge in [-0.15, -0.1) is 0 Å². The van der Waals surface area contributed by atoms with Gasteiger partial charge in [-0.1, -0.05) is 11.6 Å². The number of benzene rings is 1. The van der Waals surface area contributed by atoms with Crippen LogP contribution >= 0.6 is 0 Å². The maximum absolute atomic E-state index is 13.3. The summed E-state index contributed by atoms with van der Waals surface area (Å²) < 4.78 is 13.3. The number of aromatic carboxylic acids is 1. The van der Waals surface area contributed by atoms with Gasteiger partial charge in [0.2, 0.25) is 0 Å². The quantitative estimate of drug-likeness (QED) is 0.570. The standard InChI is InChI=1S/C15H19FN2O2/c16-11-6-7-12(13(14(11)17)15(19)20)18-9-8-10-4-2-1-3-5-10/h4,6-7,18H,1-3,5,8-9,17H2,(H,19,20). The Kier molecular flexibility index (Phi) is 4.61. The number of allylic oxidation sites excluding steroid dienone is 1. The normalized spacial score (nSPS) is 14.8. The highest BCUT2D eigenvalue weighted by atomic mass is 19.1. The highest BCUT2D eigenvalue weighted by Crippen LogP contribution is 2.26. The van der Waals surface area contributed by atoms with E-state index in [1.54, 1.807) is 0 Å². The highest BCUT2D eigenvalue weighted by Gasteiger charge is 2.17.